The number of rotatable bonds is 2. The molecule has 0 bridgehead atoms. The van der Waals surface area contributed by atoms with Gasteiger partial charge in [0, 0.05) is 23.8 Å². The topological polar surface area (TPSA) is 58.1 Å². The fourth-order valence-electron chi connectivity index (χ4n) is 3.78. The van der Waals surface area contributed by atoms with Crippen LogP contribution in [-0.4, -0.2) is 22.4 Å². The Hall–Kier alpha value is -1.95. The minimum atomic E-state index is 0.000627. The molecule has 6 heteroatoms. The number of nitrogens with zero attached hydrogens (tertiary/aromatic N) is 3. The summed E-state index contributed by atoms with van der Waals surface area (Å²) in [5, 5.41) is 4.21. The lowest BCUT2D eigenvalue weighted by atomic mass is 9.86. The van der Waals surface area contributed by atoms with E-state index in [1.807, 2.05) is 17.4 Å². The van der Waals surface area contributed by atoms with Gasteiger partial charge in [0.25, 0.3) is 5.91 Å². The Labute approximate surface area is 145 Å². The van der Waals surface area contributed by atoms with Gasteiger partial charge in [-0.3, -0.25) is 4.79 Å². The van der Waals surface area contributed by atoms with E-state index in [4.69, 9.17) is 9.97 Å². The highest BCUT2D eigenvalue weighted by Crippen LogP contribution is 2.40. The standard InChI is InChI=1S/C18H20N4OS/c1-10-7-12-14(8-19-17(12)23)20-16(10)22-6-5-13-15(9-22)24-18(21-13)11-3-2-4-11/h7,11H,2-6,8-9H2,1H3,(H,19,23). The Morgan fingerprint density at radius 3 is 2.96 bits per heavy atom. The van der Waals surface area contributed by atoms with Crippen molar-refractivity contribution in [3.05, 3.63) is 38.5 Å². The SMILES string of the molecule is Cc1cc2c(nc1N1CCc3nc(C4CCC4)sc3C1)CNC2=O. The fraction of sp³-hybridized carbons (Fsp3) is 0.500. The fourth-order valence-corrected chi connectivity index (χ4v) is 5.07. The maximum Gasteiger partial charge on any atom is 0.253 e. The van der Waals surface area contributed by atoms with E-state index < -0.39 is 0 Å². The molecular weight excluding hydrogens is 320 g/mol. The van der Waals surface area contributed by atoms with Crippen molar-refractivity contribution < 1.29 is 4.79 Å². The number of fused-ring (bicyclic) bond motifs is 2. The third kappa shape index (κ3) is 2.16. The number of carbonyl (C=O) groups is 1. The second-order valence-electron chi connectivity index (χ2n) is 7.03. The summed E-state index contributed by atoms with van der Waals surface area (Å²) >= 11 is 1.90. The summed E-state index contributed by atoms with van der Waals surface area (Å²) in [6, 6.07) is 1.99. The summed E-state index contributed by atoms with van der Waals surface area (Å²) in [6.45, 7) is 4.45. The van der Waals surface area contributed by atoms with Crippen molar-refractivity contribution >= 4 is 23.1 Å². The smallest absolute Gasteiger partial charge is 0.253 e. The molecule has 0 radical (unpaired) electrons. The lowest BCUT2D eigenvalue weighted by molar-refractivity contribution is 0.0965. The van der Waals surface area contributed by atoms with Gasteiger partial charge in [-0.1, -0.05) is 6.42 Å². The van der Waals surface area contributed by atoms with Gasteiger partial charge in [-0.15, -0.1) is 11.3 Å². The van der Waals surface area contributed by atoms with Gasteiger partial charge in [-0.05, 0) is 31.4 Å². The highest BCUT2D eigenvalue weighted by Gasteiger charge is 2.29. The molecule has 1 amide bonds. The number of nitrogens with one attached hydrogen (secondary N) is 1. The van der Waals surface area contributed by atoms with Crippen molar-refractivity contribution in [3.63, 3.8) is 0 Å². The average Bonchev–Trinajstić information content (AvgIpc) is 3.08. The van der Waals surface area contributed by atoms with Crippen molar-refractivity contribution in [3.8, 4) is 0 Å². The summed E-state index contributed by atoms with van der Waals surface area (Å²) in [4.78, 5) is 25.3. The van der Waals surface area contributed by atoms with Gasteiger partial charge in [0.15, 0.2) is 0 Å². The number of hydrogen-bond donors (Lipinski definition) is 1. The molecule has 1 aliphatic carbocycles. The highest BCUT2D eigenvalue weighted by atomic mass is 32.1. The average molecular weight is 340 g/mol. The third-order valence-electron chi connectivity index (χ3n) is 5.43. The summed E-state index contributed by atoms with van der Waals surface area (Å²) in [5.74, 6) is 1.74. The second-order valence-corrected chi connectivity index (χ2v) is 8.14. The lowest BCUT2D eigenvalue weighted by Crippen LogP contribution is -2.31. The number of carbonyl (C=O) groups excluding carboxylic acids is 1. The zero-order valence-electron chi connectivity index (χ0n) is 13.8. The molecule has 3 aliphatic rings. The summed E-state index contributed by atoms with van der Waals surface area (Å²) in [6.07, 6.45) is 4.96. The van der Waals surface area contributed by atoms with Gasteiger partial charge in [0.1, 0.15) is 5.82 Å². The first kappa shape index (κ1) is 14.4. The maximum atomic E-state index is 11.8. The van der Waals surface area contributed by atoms with Crippen LogP contribution in [0, 0.1) is 6.92 Å². The number of hydrogen-bond acceptors (Lipinski definition) is 5. The molecule has 24 heavy (non-hydrogen) atoms. The van der Waals surface area contributed by atoms with Crippen LogP contribution >= 0.6 is 11.3 Å². The van der Waals surface area contributed by atoms with Crippen LogP contribution in [0.3, 0.4) is 0 Å². The Bertz CT molecular complexity index is 840. The van der Waals surface area contributed by atoms with Crippen LogP contribution in [0.2, 0.25) is 0 Å². The molecule has 0 unspecified atom stereocenters. The summed E-state index contributed by atoms with van der Waals surface area (Å²) in [5.41, 5.74) is 4.00. The zero-order chi connectivity index (χ0) is 16.3. The van der Waals surface area contributed by atoms with Gasteiger partial charge < -0.3 is 10.2 Å². The third-order valence-corrected chi connectivity index (χ3v) is 6.67. The molecule has 2 aromatic heterocycles. The molecule has 2 aromatic rings. The number of aromatic nitrogens is 2. The molecule has 4 heterocycles. The quantitative estimate of drug-likeness (QED) is 0.913. The summed E-state index contributed by atoms with van der Waals surface area (Å²) in [7, 11) is 0. The van der Waals surface area contributed by atoms with Crippen LogP contribution in [0.15, 0.2) is 6.07 Å². The normalized spacial score (nSPS) is 19.7. The van der Waals surface area contributed by atoms with Gasteiger partial charge in [0.2, 0.25) is 0 Å². The van der Waals surface area contributed by atoms with E-state index in [0.29, 0.717) is 12.5 Å². The molecule has 0 saturated heterocycles. The Kier molecular flexibility index (Phi) is 3.16. The predicted molar refractivity (Wildman–Crippen MR) is 93.6 cm³/mol. The van der Waals surface area contributed by atoms with Crippen molar-refractivity contribution in [2.24, 2.45) is 0 Å². The number of amides is 1. The molecule has 124 valence electrons. The molecule has 1 N–H and O–H groups in total. The van der Waals surface area contributed by atoms with Crippen LogP contribution in [0.25, 0.3) is 0 Å². The maximum absolute atomic E-state index is 11.8. The Balaban J connectivity index is 1.44. The van der Waals surface area contributed by atoms with Crippen molar-refractivity contribution in [2.45, 2.75) is 51.6 Å². The van der Waals surface area contributed by atoms with E-state index in [2.05, 4.69) is 17.1 Å². The lowest BCUT2D eigenvalue weighted by Gasteiger charge is -2.28. The molecule has 0 aromatic carbocycles. The van der Waals surface area contributed by atoms with Gasteiger partial charge in [-0.25, -0.2) is 9.97 Å². The number of anilines is 1. The van der Waals surface area contributed by atoms with Crippen LogP contribution < -0.4 is 10.2 Å². The minimum Gasteiger partial charge on any atom is -0.351 e. The molecule has 0 spiro atoms. The Morgan fingerprint density at radius 1 is 1.29 bits per heavy atom. The molecule has 1 saturated carbocycles. The largest absolute Gasteiger partial charge is 0.351 e. The van der Waals surface area contributed by atoms with Crippen LogP contribution in [0.4, 0.5) is 5.82 Å². The summed E-state index contributed by atoms with van der Waals surface area (Å²) < 4.78 is 0. The first-order valence-corrected chi connectivity index (χ1v) is 9.53. The molecule has 1 fully saturated rings. The van der Waals surface area contributed by atoms with E-state index in [0.717, 1.165) is 42.1 Å². The van der Waals surface area contributed by atoms with Gasteiger partial charge in [0.05, 0.1) is 35.0 Å². The van der Waals surface area contributed by atoms with Crippen molar-refractivity contribution in [1.29, 1.82) is 0 Å². The van der Waals surface area contributed by atoms with Crippen LogP contribution in [0.1, 0.15) is 62.4 Å². The second kappa shape index (κ2) is 5.28. The zero-order valence-corrected chi connectivity index (χ0v) is 14.6. The van der Waals surface area contributed by atoms with E-state index in [-0.39, 0.29) is 5.91 Å². The van der Waals surface area contributed by atoms with E-state index in [9.17, 15) is 4.79 Å². The van der Waals surface area contributed by atoms with Gasteiger partial charge in [-0.2, -0.15) is 0 Å². The first-order valence-electron chi connectivity index (χ1n) is 8.71. The predicted octanol–water partition coefficient (Wildman–Crippen LogP) is 2.92. The number of pyridine rings is 1. The molecule has 5 nitrogen and oxygen atoms in total. The molecule has 2 aliphatic heterocycles. The molecule has 0 atom stereocenters. The Morgan fingerprint density at radius 2 is 2.17 bits per heavy atom. The number of aryl methyl sites for hydroxylation is 1. The molecular formula is C18H20N4OS. The van der Waals surface area contributed by atoms with E-state index in [1.165, 1.54) is 34.8 Å². The van der Waals surface area contributed by atoms with Crippen LogP contribution in [-0.2, 0) is 19.5 Å². The number of thiazole rings is 1. The minimum absolute atomic E-state index is 0.000627. The van der Waals surface area contributed by atoms with Crippen molar-refractivity contribution in [2.75, 3.05) is 11.4 Å². The van der Waals surface area contributed by atoms with E-state index >= 15 is 0 Å². The highest BCUT2D eigenvalue weighted by molar-refractivity contribution is 7.11. The first-order chi connectivity index (χ1) is 11.7. The monoisotopic (exact) mass is 340 g/mol. The van der Waals surface area contributed by atoms with Gasteiger partial charge >= 0.3 is 0 Å². The molecule has 5 rings (SSSR count). The van der Waals surface area contributed by atoms with Crippen molar-refractivity contribution in [1.82, 2.24) is 15.3 Å². The van der Waals surface area contributed by atoms with E-state index in [1.54, 1.807) is 0 Å². The van der Waals surface area contributed by atoms with Crippen LogP contribution in [0.5, 0.6) is 0 Å².